The number of aromatic nitrogens is 3. The largest absolute Gasteiger partial charge is 0.303 e. The Morgan fingerprint density at radius 1 is 1.36 bits per heavy atom. The quantitative estimate of drug-likeness (QED) is 0.717. The molecule has 1 amide bonds. The monoisotopic (exact) mass is 363 g/mol. The number of hydrogen-bond donors (Lipinski definition) is 0. The van der Waals surface area contributed by atoms with E-state index in [1.807, 2.05) is 6.92 Å². The van der Waals surface area contributed by atoms with Crippen LogP contribution in [0.15, 0.2) is 41.9 Å². The second-order valence-corrected chi connectivity index (χ2v) is 7.87. The molecule has 0 aliphatic rings. The SMILES string of the molecule is C=CC(=O)N(Cc1cnnn1C)c1cc(S(=O)(=O)N(C)C)ccc1C. The van der Waals surface area contributed by atoms with Crippen LogP contribution >= 0.6 is 0 Å². The highest BCUT2D eigenvalue weighted by atomic mass is 32.2. The molecule has 1 heterocycles. The van der Waals surface area contributed by atoms with E-state index < -0.39 is 10.0 Å². The molecule has 0 unspecified atom stereocenters. The smallest absolute Gasteiger partial charge is 0.250 e. The highest BCUT2D eigenvalue weighted by Crippen LogP contribution is 2.27. The molecule has 0 saturated heterocycles. The number of hydrogen-bond acceptors (Lipinski definition) is 5. The van der Waals surface area contributed by atoms with Crippen LogP contribution in [0.1, 0.15) is 11.3 Å². The highest BCUT2D eigenvalue weighted by Gasteiger charge is 2.22. The molecule has 8 nitrogen and oxygen atoms in total. The number of benzene rings is 1. The predicted octanol–water partition coefficient (Wildman–Crippen LogP) is 1.09. The fourth-order valence-corrected chi connectivity index (χ4v) is 3.18. The first-order valence-electron chi connectivity index (χ1n) is 7.49. The van der Waals surface area contributed by atoms with Gasteiger partial charge in [-0.1, -0.05) is 17.9 Å². The van der Waals surface area contributed by atoms with E-state index in [-0.39, 0.29) is 17.3 Å². The number of carbonyl (C=O) groups is 1. The van der Waals surface area contributed by atoms with Gasteiger partial charge < -0.3 is 4.90 Å². The summed E-state index contributed by atoms with van der Waals surface area (Å²) in [4.78, 5) is 14.0. The van der Waals surface area contributed by atoms with Crippen molar-refractivity contribution in [3.8, 4) is 0 Å². The Morgan fingerprint density at radius 2 is 2.04 bits per heavy atom. The summed E-state index contributed by atoms with van der Waals surface area (Å²) < 4.78 is 27.5. The molecule has 0 aliphatic heterocycles. The maximum absolute atomic E-state index is 12.4. The van der Waals surface area contributed by atoms with E-state index in [1.165, 1.54) is 37.2 Å². The van der Waals surface area contributed by atoms with Crippen LogP contribution in [0.25, 0.3) is 0 Å². The molecule has 0 spiro atoms. The van der Waals surface area contributed by atoms with Gasteiger partial charge in [-0.15, -0.1) is 5.10 Å². The summed E-state index contributed by atoms with van der Waals surface area (Å²) in [5.74, 6) is -0.344. The molecule has 0 N–H and O–H groups in total. The normalized spacial score (nSPS) is 11.6. The molecule has 0 radical (unpaired) electrons. The molecule has 0 atom stereocenters. The third-order valence-corrected chi connectivity index (χ3v) is 5.63. The van der Waals surface area contributed by atoms with Crippen LogP contribution in [-0.4, -0.2) is 47.7 Å². The summed E-state index contributed by atoms with van der Waals surface area (Å²) in [5.41, 5.74) is 1.97. The molecule has 25 heavy (non-hydrogen) atoms. The van der Waals surface area contributed by atoms with Crippen LogP contribution in [0.4, 0.5) is 5.69 Å². The van der Waals surface area contributed by atoms with Gasteiger partial charge in [0.15, 0.2) is 0 Å². The molecule has 1 aromatic heterocycles. The molecule has 0 aliphatic carbocycles. The van der Waals surface area contributed by atoms with Crippen molar-refractivity contribution in [2.75, 3.05) is 19.0 Å². The lowest BCUT2D eigenvalue weighted by Gasteiger charge is -2.24. The molecule has 9 heteroatoms. The third-order valence-electron chi connectivity index (χ3n) is 3.82. The Bertz CT molecular complexity index is 902. The van der Waals surface area contributed by atoms with E-state index in [4.69, 9.17) is 0 Å². The minimum Gasteiger partial charge on any atom is -0.303 e. The maximum atomic E-state index is 12.4. The van der Waals surface area contributed by atoms with Crippen LogP contribution in [-0.2, 0) is 28.4 Å². The van der Waals surface area contributed by atoms with E-state index in [0.29, 0.717) is 11.4 Å². The van der Waals surface area contributed by atoms with Crippen LogP contribution in [0, 0.1) is 6.92 Å². The van der Waals surface area contributed by atoms with E-state index in [1.54, 1.807) is 24.0 Å². The number of anilines is 1. The lowest BCUT2D eigenvalue weighted by Crippen LogP contribution is -2.30. The lowest BCUT2D eigenvalue weighted by molar-refractivity contribution is -0.114. The van der Waals surface area contributed by atoms with Crippen molar-refractivity contribution in [2.24, 2.45) is 7.05 Å². The fourth-order valence-electron chi connectivity index (χ4n) is 2.26. The first-order valence-corrected chi connectivity index (χ1v) is 8.93. The van der Waals surface area contributed by atoms with Gasteiger partial charge in [0.2, 0.25) is 10.0 Å². The first-order chi connectivity index (χ1) is 11.7. The zero-order valence-electron chi connectivity index (χ0n) is 14.7. The van der Waals surface area contributed by atoms with E-state index in [0.717, 1.165) is 9.87 Å². The van der Waals surface area contributed by atoms with Gasteiger partial charge in [-0.2, -0.15) is 0 Å². The molecule has 2 rings (SSSR count). The molecule has 0 fully saturated rings. The van der Waals surface area contributed by atoms with Gasteiger partial charge in [0.25, 0.3) is 5.91 Å². The number of rotatable bonds is 6. The zero-order valence-corrected chi connectivity index (χ0v) is 15.5. The third kappa shape index (κ3) is 3.77. The predicted molar refractivity (Wildman–Crippen MR) is 94.4 cm³/mol. The number of aryl methyl sites for hydroxylation is 2. The van der Waals surface area contributed by atoms with Crippen LogP contribution < -0.4 is 4.90 Å². The Balaban J connectivity index is 2.55. The molecule has 0 bridgehead atoms. The molecule has 1 aromatic carbocycles. The Labute approximate surface area is 147 Å². The zero-order chi connectivity index (χ0) is 18.8. The van der Waals surface area contributed by atoms with Crippen molar-refractivity contribution in [1.82, 2.24) is 19.3 Å². The van der Waals surface area contributed by atoms with Gasteiger partial charge in [-0.05, 0) is 30.7 Å². The summed E-state index contributed by atoms with van der Waals surface area (Å²) >= 11 is 0. The average Bonchev–Trinajstić information content (AvgIpc) is 2.97. The van der Waals surface area contributed by atoms with Crippen molar-refractivity contribution < 1.29 is 13.2 Å². The van der Waals surface area contributed by atoms with E-state index >= 15 is 0 Å². The van der Waals surface area contributed by atoms with Crippen molar-refractivity contribution >= 4 is 21.6 Å². The van der Waals surface area contributed by atoms with E-state index in [2.05, 4.69) is 16.9 Å². The molecule has 0 saturated carbocycles. The summed E-state index contributed by atoms with van der Waals surface area (Å²) in [6.45, 7) is 5.54. The maximum Gasteiger partial charge on any atom is 0.250 e. The van der Waals surface area contributed by atoms with Crippen molar-refractivity contribution in [1.29, 1.82) is 0 Å². The minimum absolute atomic E-state index is 0.114. The van der Waals surface area contributed by atoms with Crippen LogP contribution in [0.2, 0.25) is 0 Å². The molecular weight excluding hydrogens is 342 g/mol. The highest BCUT2D eigenvalue weighted by molar-refractivity contribution is 7.89. The standard InChI is InChI=1S/C16H21N5O3S/c1-6-16(22)21(11-13-10-17-18-20(13)5)15-9-14(8-7-12(15)2)25(23,24)19(3)4/h6-10H,1,11H2,2-5H3. The number of carbonyl (C=O) groups excluding carboxylic acids is 1. The Hall–Kier alpha value is -2.52. The topological polar surface area (TPSA) is 88.4 Å². The second kappa shape index (κ2) is 7.16. The second-order valence-electron chi connectivity index (χ2n) is 5.71. The molecule has 2 aromatic rings. The minimum atomic E-state index is -3.61. The Morgan fingerprint density at radius 3 is 2.56 bits per heavy atom. The van der Waals surface area contributed by atoms with Crippen molar-refractivity contribution in [3.05, 3.63) is 48.3 Å². The molecule has 134 valence electrons. The Kier molecular flexibility index (Phi) is 5.39. The van der Waals surface area contributed by atoms with Gasteiger partial charge in [0.05, 0.1) is 23.3 Å². The number of amides is 1. The summed E-state index contributed by atoms with van der Waals surface area (Å²) in [5, 5.41) is 7.65. The summed E-state index contributed by atoms with van der Waals surface area (Å²) in [7, 11) is 1.03. The van der Waals surface area contributed by atoms with Crippen molar-refractivity contribution in [2.45, 2.75) is 18.4 Å². The lowest BCUT2D eigenvalue weighted by atomic mass is 10.1. The van der Waals surface area contributed by atoms with Crippen LogP contribution in [0.5, 0.6) is 0 Å². The summed E-state index contributed by atoms with van der Waals surface area (Å²) in [6.07, 6.45) is 2.75. The van der Waals surface area contributed by atoms with Gasteiger partial charge in [-0.25, -0.2) is 12.7 Å². The van der Waals surface area contributed by atoms with E-state index in [9.17, 15) is 13.2 Å². The molecular formula is C16H21N5O3S. The van der Waals surface area contributed by atoms with Gasteiger partial charge in [0, 0.05) is 26.8 Å². The first kappa shape index (κ1) is 18.8. The van der Waals surface area contributed by atoms with Gasteiger partial charge >= 0.3 is 0 Å². The fraction of sp³-hybridized carbons (Fsp3) is 0.312. The van der Waals surface area contributed by atoms with Gasteiger partial charge in [0.1, 0.15) is 0 Å². The van der Waals surface area contributed by atoms with Crippen molar-refractivity contribution in [3.63, 3.8) is 0 Å². The van der Waals surface area contributed by atoms with Crippen LogP contribution in [0.3, 0.4) is 0 Å². The number of nitrogens with zero attached hydrogens (tertiary/aromatic N) is 5. The van der Waals surface area contributed by atoms with Gasteiger partial charge in [-0.3, -0.25) is 9.48 Å². The summed E-state index contributed by atoms with van der Waals surface area (Å²) in [6, 6.07) is 4.70. The average molecular weight is 363 g/mol. The number of sulfonamides is 1.